The fraction of sp³-hybridized carbons (Fsp3) is 0.611. The van der Waals surface area contributed by atoms with E-state index in [1.54, 1.807) is 11.0 Å². The maximum absolute atomic E-state index is 12.8. The van der Waals surface area contributed by atoms with Gasteiger partial charge in [-0.05, 0) is 17.0 Å². The molecule has 1 aliphatic rings. The Morgan fingerprint density at radius 2 is 1.76 bits per heavy atom. The average molecular weight is 357 g/mol. The van der Waals surface area contributed by atoms with Crippen LogP contribution in [0.3, 0.4) is 0 Å². The van der Waals surface area contributed by atoms with Crippen molar-refractivity contribution in [3.05, 3.63) is 35.4 Å². The summed E-state index contributed by atoms with van der Waals surface area (Å²) in [6, 6.07) is 4.84. The number of carbonyl (C=O) groups excluding carboxylic acids is 1. The Balaban J connectivity index is 1.92. The lowest BCUT2D eigenvalue weighted by atomic mass is 9.86. The molecular formula is C18H26F3N3O. The van der Waals surface area contributed by atoms with Crippen LogP contribution in [0.25, 0.3) is 0 Å². The summed E-state index contributed by atoms with van der Waals surface area (Å²) in [7, 11) is 0. The molecule has 1 aromatic rings. The van der Waals surface area contributed by atoms with Gasteiger partial charge >= 0.3 is 6.18 Å². The number of piperazine rings is 1. The first-order valence-electron chi connectivity index (χ1n) is 8.41. The van der Waals surface area contributed by atoms with Crippen LogP contribution >= 0.6 is 0 Å². The normalized spacial score (nSPS) is 18.3. The molecule has 0 aromatic heterocycles. The SMILES string of the molecule is CC(C)(C)[C@H](N)C(=O)N1CCN(Cc2cccc(C(F)(F)F)c2)CC1. The highest BCUT2D eigenvalue weighted by molar-refractivity contribution is 5.82. The first-order valence-corrected chi connectivity index (χ1v) is 8.41. The first kappa shape index (κ1) is 19.7. The molecule has 0 radical (unpaired) electrons. The van der Waals surface area contributed by atoms with Crippen LogP contribution in [0.15, 0.2) is 24.3 Å². The molecule has 0 aliphatic carbocycles. The van der Waals surface area contributed by atoms with Crippen molar-refractivity contribution < 1.29 is 18.0 Å². The molecule has 0 unspecified atom stereocenters. The average Bonchev–Trinajstić information content (AvgIpc) is 2.53. The molecule has 1 fully saturated rings. The second-order valence-electron chi connectivity index (χ2n) is 7.64. The van der Waals surface area contributed by atoms with Gasteiger partial charge in [0.2, 0.25) is 5.91 Å². The minimum Gasteiger partial charge on any atom is -0.339 e. The molecule has 2 N–H and O–H groups in total. The third kappa shape index (κ3) is 5.19. The van der Waals surface area contributed by atoms with Gasteiger partial charge < -0.3 is 10.6 Å². The second kappa shape index (κ2) is 7.33. The summed E-state index contributed by atoms with van der Waals surface area (Å²) in [6.45, 7) is 8.57. The van der Waals surface area contributed by atoms with Crippen molar-refractivity contribution in [2.45, 2.75) is 39.5 Å². The number of nitrogens with zero attached hydrogens (tertiary/aromatic N) is 2. The lowest BCUT2D eigenvalue weighted by molar-refractivity contribution is -0.138. The fourth-order valence-corrected chi connectivity index (χ4v) is 2.80. The fourth-order valence-electron chi connectivity index (χ4n) is 2.80. The van der Waals surface area contributed by atoms with Crippen LogP contribution in [0.1, 0.15) is 31.9 Å². The predicted molar refractivity (Wildman–Crippen MR) is 90.7 cm³/mol. The molecule has 1 amide bonds. The summed E-state index contributed by atoms with van der Waals surface area (Å²) in [4.78, 5) is 16.2. The number of amides is 1. The Kier molecular flexibility index (Phi) is 5.79. The Labute approximate surface area is 146 Å². The van der Waals surface area contributed by atoms with Gasteiger partial charge in [-0.1, -0.05) is 39.0 Å². The highest BCUT2D eigenvalue weighted by atomic mass is 19.4. The molecule has 1 aliphatic heterocycles. The third-order valence-corrected chi connectivity index (χ3v) is 4.54. The van der Waals surface area contributed by atoms with E-state index in [1.165, 1.54) is 12.1 Å². The van der Waals surface area contributed by atoms with E-state index in [2.05, 4.69) is 4.90 Å². The molecule has 25 heavy (non-hydrogen) atoms. The van der Waals surface area contributed by atoms with Crippen molar-refractivity contribution in [3.63, 3.8) is 0 Å². The van der Waals surface area contributed by atoms with Gasteiger partial charge in [0.25, 0.3) is 0 Å². The van der Waals surface area contributed by atoms with Crippen LogP contribution in [0.5, 0.6) is 0 Å². The van der Waals surface area contributed by atoms with Crippen LogP contribution in [0, 0.1) is 5.41 Å². The molecule has 2 rings (SSSR count). The molecule has 1 saturated heterocycles. The zero-order chi connectivity index (χ0) is 18.8. The van der Waals surface area contributed by atoms with Crippen LogP contribution < -0.4 is 5.73 Å². The van der Waals surface area contributed by atoms with Crippen molar-refractivity contribution >= 4 is 5.91 Å². The molecular weight excluding hydrogens is 331 g/mol. The van der Waals surface area contributed by atoms with Crippen molar-refractivity contribution in [1.82, 2.24) is 9.80 Å². The van der Waals surface area contributed by atoms with E-state index >= 15 is 0 Å². The Hall–Kier alpha value is -1.60. The standard InChI is InChI=1S/C18H26F3N3O/c1-17(2,3)15(22)16(25)24-9-7-23(8-10-24)12-13-5-4-6-14(11-13)18(19,20)21/h4-6,11,15H,7-10,12,22H2,1-3H3/t15-/m1/s1. The maximum atomic E-state index is 12.8. The smallest absolute Gasteiger partial charge is 0.339 e. The Bertz CT molecular complexity index is 602. The van der Waals surface area contributed by atoms with Crippen LogP contribution in [-0.2, 0) is 17.5 Å². The first-order chi connectivity index (χ1) is 11.5. The van der Waals surface area contributed by atoms with Gasteiger partial charge in [-0.25, -0.2) is 0 Å². The third-order valence-electron chi connectivity index (χ3n) is 4.54. The largest absolute Gasteiger partial charge is 0.416 e. The van der Waals surface area contributed by atoms with E-state index in [9.17, 15) is 18.0 Å². The summed E-state index contributed by atoms with van der Waals surface area (Å²) in [5.41, 5.74) is 5.73. The molecule has 0 bridgehead atoms. The molecule has 7 heteroatoms. The van der Waals surface area contributed by atoms with E-state index in [-0.39, 0.29) is 11.3 Å². The number of alkyl halides is 3. The van der Waals surface area contributed by atoms with E-state index in [0.29, 0.717) is 38.3 Å². The van der Waals surface area contributed by atoms with Crippen molar-refractivity contribution in [3.8, 4) is 0 Å². The van der Waals surface area contributed by atoms with Gasteiger partial charge in [-0.2, -0.15) is 13.2 Å². The van der Waals surface area contributed by atoms with Gasteiger partial charge in [-0.15, -0.1) is 0 Å². The van der Waals surface area contributed by atoms with E-state index in [0.717, 1.165) is 6.07 Å². The van der Waals surface area contributed by atoms with Gasteiger partial charge in [0.05, 0.1) is 11.6 Å². The lowest BCUT2D eigenvalue weighted by Crippen LogP contribution is -2.56. The molecule has 1 heterocycles. The molecule has 1 aromatic carbocycles. The Morgan fingerprint density at radius 3 is 2.28 bits per heavy atom. The van der Waals surface area contributed by atoms with Crippen molar-refractivity contribution in [2.75, 3.05) is 26.2 Å². The predicted octanol–water partition coefficient (Wildman–Crippen LogP) is 2.72. The zero-order valence-electron chi connectivity index (χ0n) is 14.9. The Morgan fingerprint density at radius 1 is 1.16 bits per heavy atom. The van der Waals surface area contributed by atoms with E-state index in [1.807, 2.05) is 20.8 Å². The lowest BCUT2D eigenvalue weighted by Gasteiger charge is -2.38. The number of hydrogen-bond acceptors (Lipinski definition) is 3. The summed E-state index contributed by atoms with van der Waals surface area (Å²) >= 11 is 0. The van der Waals surface area contributed by atoms with E-state index < -0.39 is 17.8 Å². The topological polar surface area (TPSA) is 49.6 Å². The number of carbonyl (C=O) groups is 1. The quantitative estimate of drug-likeness (QED) is 0.905. The van der Waals surface area contributed by atoms with Crippen LogP contribution in [-0.4, -0.2) is 47.9 Å². The number of benzene rings is 1. The van der Waals surface area contributed by atoms with Gasteiger partial charge in [0.15, 0.2) is 0 Å². The highest BCUT2D eigenvalue weighted by Gasteiger charge is 2.33. The number of rotatable bonds is 3. The zero-order valence-corrected chi connectivity index (χ0v) is 14.9. The summed E-state index contributed by atoms with van der Waals surface area (Å²) < 4.78 is 38.4. The molecule has 4 nitrogen and oxygen atoms in total. The number of halogens is 3. The maximum Gasteiger partial charge on any atom is 0.416 e. The van der Waals surface area contributed by atoms with Gasteiger partial charge in [0, 0.05) is 32.7 Å². The molecule has 0 saturated carbocycles. The minimum atomic E-state index is -4.33. The molecule has 1 atom stereocenters. The van der Waals surface area contributed by atoms with Gasteiger partial charge in [0.1, 0.15) is 0 Å². The summed E-state index contributed by atoms with van der Waals surface area (Å²) in [5, 5.41) is 0. The van der Waals surface area contributed by atoms with Crippen LogP contribution in [0.2, 0.25) is 0 Å². The van der Waals surface area contributed by atoms with Crippen molar-refractivity contribution in [1.29, 1.82) is 0 Å². The summed E-state index contributed by atoms with van der Waals surface area (Å²) in [6.07, 6.45) is -4.33. The number of hydrogen-bond donors (Lipinski definition) is 1. The molecule has 0 spiro atoms. The van der Waals surface area contributed by atoms with Gasteiger partial charge in [-0.3, -0.25) is 9.69 Å². The van der Waals surface area contributed by atoms with Crippen LogP contribution in [0.4, 0.5) is 13.2 Å². The van der Waals surface area contributed by atoms with Crippen molar-refractivity contribution in [2.24, 2.45) is 11.1 Å². The minimum absolute atomic E-state index is 0.0637. The second-order valence-corrected chi connectivity index (χ2v) is 7.64. The molecule has 140 valence electrons. The van der Waals surface area contributed by atoms with E-state index in [4.69, 9.17) is 5.73 Å². The highest BCUT2D eigenvalue weighted by Crippen LogP contribution is 2.29. The summed E-state index contributed by atoms with van der Waals surface area (Å²) in [5.74, 6) is -0.0637. The monoisotopic (exact) mass is 357 g/mol. The number of nitrogens with two attached hydrogens (primary N) is 1.